The Balaban J connectivity index is 1.78. The third kappa shape index (κ3) is 6.28. The Hall–Kier alpha value is -1.46. The first-order valence-corrected chi connectivity index (χ1v) is 9.13. The van der Waals surface area contributed by atoms with Crippen molar-refractivity contribution >= 4 is 0 Å². The van der Waals surface area contributed by atoms with Crippen molar-refractivity contribution in [2.24, 2.45) is 11.8 Å². The van der Waals surface area contributed by atoms with E-state index >= 15 is 0 Å². The molecule has 23 heavy (non-hydrogen) atoms. The molecule has 1 unspecified atom stereocenters. The van der Waals surface area contributed by atoms with E-state index in [1.807, 2.05) is 31.2 Å². The predicted octanol–water partition coefficient (Wildman–Crippen LogP) is 4.79. The predicted molar refractivity (Wildman–Crippen MR) is 95.5 cm³/mol. The highest BCUT2D eigenvalue weighted by Gasteiger charge is 2.22. The van der Waals surface area contributed by atoms with Crippen molar-refractivity contribution in [3.05, 3.63) is 29.8 Å². The Morgan fingerprint density at radius 2 is 1.74 bits per heavy atom. The smallest absolute Gasteiger partial charge is 0.119 e. The fourth-order valence-electron chi connectivity index (χ4n) is 3.51. The lowest BCUT2D eigenvalue weighted by Crippen LogP contribution is -2.19. The van der Waals surface area contributed by atoms with Crippen LogP contribution in [-0.4, -0.2) is 17.8 Å². The summed E-state index contributed by atoms with van der Waals surface area (Å²) in [6, 6.07) is 7.74. The molecule has 1 aromatic carbocycles. The van der Waals surface area contributed by atoms with E-state index in [0.29, 0.717) is 12.5 Å². The summed E-state index contributed by atoms with van der Waals surface area (Å²) < 4.78 is 5.42. The Labute approximate surface area is 141 Å². The van der Waals surface area contributed by atoms with E-state index in [4.69, 9.17) is 4.74 Å². The van der Waals surface area contributed by atoms with E-state index in [-0.39, 0.29) is 0 Å². The molecule has 1 aliphatic carbocycles. The quantitative estimate of drug-likeness (QED) is 0.765. The lowest BCUT2D eigenvalue weighted by Gasteiger charge is -2.28. The van der Waals surface area contributed by atoms with Gasteiger partial charge in [0.15, 0.2) is 0 Å². The van der Waals surface area contributed by atoms with Gasteiger partial charge in [-0.05, 0) is 49.4 Å². The Bertz CT molecular complexity index is 501. The molecule has 1 aliphatic rings. The van der Waals surface area contributed by atoms with Crippen molar-refractivity contribution in [1.29, 1.82) is 0 Å². The van der Waals surface area contributed by atoms with Gasteiger partial charge in [-0.2, -0.15) is 0 Å². The first kappa shape index (κ1) is 17.9. The lowest BCUT2D eigenvalue weighted by atomic mass is 9.78. The van der Waals surface area contributed by atoms with E-state index < -0.39 is 6.10 Å². The molecule has 1 atom stereocenters. The minimum absolute atomic E-state index is 0.505. The minimum Gasteiger partial charge on any atom is -0.494 e. The van der Waals surface area contributed by atoms with Gasteiger partial charge in [0, 0.05) is 5.56 Å². The van der Waals surface area contributed by atoms with Gasteiger partial charge in [0.2, 0.25) is 0 Å². The number of benzene rings is 1. The third-order valence-corrected chi connectivity index (χ3v) is 4.77. The standard InChI is InChI=1S/C21H30O2/c1-3-5-17-6-8-19(9-7-17)16-20(22)13-10-18-11-14-21(15-12-18)23-4-2/h11-12,14-15,17,19-20,22H,3-9,16H2,1-2H3. The average molecular weight is 314 g/mol. The first-order valence-electron chi connectivity index (χ1n) is 9.13. The maximum Gasteiger partial charge on any atom is 0.119 e. The monoisotopic (exact) mass is 314 g/mol. The molecule has 2 rings (SSSR count). The highest BCUT2D eigenvalue weighted by Crippen LogP contribution is 2.33. The van der Waals surface area contributed by atoms with Crippen molar-refractivity contribution in [3.8, 4) is 17.6 Å². The molecule has 0 amide bonds. The molecule has 0 bridgehead atoms. The van der Waals surface area contributed by atoms with Crippen LogP contribution in [0.5, 0.6) is 5.75 Å². The van der Waals surface area contributed by atoms with Gasteiger partial charge in [-0.25, -0.2) is 0 Å². The number of aliphatic hydroxyl groups is 1. The normalized spacial score (nSPS) is 22.0. The highest BCUT2D eigenvalue weighted by atomic mass is 16.5. The second-order valence-corrected chi connectivity index (χ2v) is 6.65. The zero-order chi connectivity index (χ0) is 16.5. The van der Waals surface area contributed by atoms with Crippen LogP contribution in [0, 0.1) is 23.7 Å². The van der Waals surface area contributed by atoms with E-state index in [2.05, 4.69) is 18.8 Å². The van der Waals surface area contributed by atoms with Crippen LogP contribution in [0.25, 0.3) is 0 Å². The molecule has 0 spiro atoms. The summed E-state index contributed by atoms with van der Waals surface area (Å²) in [7, 11) is 0. The number of ether oxygens (including phenoxy) is 1. The van der Waals surface area contributed by atoms with Crippen LogP contribution in [0.2, 0.25) is 0 Å². The summed E-state index contributed by atoms with van der Waals surface area (Å²) in [6.07, 6.45) is 8.16. The maximum atomic E-state index is 10.2. The number of hydrogen-bond acceptors (Lipinski definition) is 2. The van der Waals surface area contributed by atoms with Crippen molar-refractivity contribution in [2.75, 3.05) is 6.61 Å². The molecule has 2 nitrogen and oxygen atoms in total. The summed E-state index contributed by atoms with van der Waals surface area (Å²) in [5.41, 5.74) is 0.930. The van der Waals surface area contributed by atoms with Crippen LogP contribution in [0.4, 0.5) is 0 Å². The average Bonchev–Trinajstić information content (AvgIpc) is 2.57. The maximum absolute atomic E-state index is 10.2. The van der Waals surface area contributed by atoms with Gasteiger partial charge < -0.3 is 9.84 Å². The molecule has 1 saturated carbocycles. The van der Waals surface area contributed by atoms with Gasteiger partial charge in [-0.3, -0.25) is 0 Å². The zero-order valence-electron chi connectivity index (χ0n) is 14.6. The zero-order valence-corrected chi connectivity index (χ0v) is 14.6. The van der Waals surface area contributed by atoms with Crippen LogP contribution in [0.3, 0.4) is 0 Å². The summed E-state index contributed by atoms with van der Waals surface area (Å²) in [4.78, 5) is 0. The third-order valence-electron chi connectivity index (χ3n) is 4.77. The Kier molecular flexibility index (Phi) is 7.49. The van der Waals surface area contributed by atoms with E-state index in [1.54, 1.807) is 0 Å². The van der Waals surface area contributed by atoms with Gasteiger partial charge in [0.05, 0.1) is 6.61 Å². The summed E-state index contributed by atoms with van der Waals surface area (Å²) >= 11 is 0. The Morgan fingerprint density at radius 3 is 2.35 bits per heavy atom. The fourth-order valence-corrected chi connectivity index (χ4v) is 3.51. The molecule has 0 aliphatic heterocycles. The van der Waals surface area contributed by atoms with Crippen LogP contribution >= 0.6 is 0 Å². The molecule has 1 aromatic rings. The molecule has 1 fully saturated rings. The van der Waals surface area contributed by atoms with Gasteiger partial charge in [-0.15, -0.1) is 0 Å². The molecular weight excluding hydrogens is 284 g/mol. The van der Waals surface area contributed by atoms with Crippen molar-refractivity contribution < 1.29 is 9.84 Å². The van der Waals surface area contributed by atoms with Crippen LogP contribution in [0.15, 0.2) is 24.3 Å². The highest BCUT2D eigenvalue weighted by molar-refractivity contribution is 5.38. The summed E-state index contributed by atoms with van der Waals surface area (Å²) in [5.74, 6) is 8.50. The molecule has 2 heteroatoms. The van der Waals surface area contributed by atoms with Crippen molar-refractivity contribution in [3.63, 3.8) is 0 Å². The summed E-state index contributed by atoms with van der Waals surface area (Å²) in [5, 5.41) is 10.2. The van der Waals surface area contributed by atoms with Crippen LogP contribution in [0.1, 0.15) is 64.4 Å². The number of aliphatic hydroxyl groups excluding tert-OH is 1. The van der Waals surface area contributed by atoms with Gasteiger partial charge in [0.25, 0.3) is 0 Å². The first-order chi connectivity index (χ1) is 11.2. The van der Waals surface area contributed by atoms with E-state index in [1.165, 1.54) is 38.5 Å². The van der Waals surface area contributed by atoms with Crippen LogP contribution in [-0.2, 0) is 0 Å². The number of hydrogen-bond donors (Lipinski definition) is 1. The van der Waals surface area contributed by atoms with Gasteiger partial charge >= 0.3 is 0 Å². The molecule has 0 radical (unpaired) electrons. The summed E-state index contributed by atoms with van der Waals surface area (Å²) in [6.45, 7) is 4.91. The number of rotatable bonds is 6. The van der Waals surface area contributed by atoms with Crippen LogP contribution < -0.4 is 4.74 Å². The largest absolute Gasteiger partial charge is 0.494 e. The fraction of sp³-hybridized carbons (Fsp3) is 0.619. The molecule has 126 valence electrons. The lowest BCUT2D eigenvalue weighted by molar-refractivity contribution is 0.162. The second kappa shape index (κ2) is 9.63. The molecule has 0 heterocycles. The van der Waals surface area contributed by atoms with Gasteiger partial charge in [0.1, 0.15) is 11.9 Å². The Morgan fingerprint density at radius 1 is 1.09 bits per heavy atom. The van der Waals surface area contributed by atoms with Crippen molar-refractivity contribution in [2.45, 2.75) is 64.9 Å². The topological polar surface area (TPSA) is 29.5 Å². The van der Waals surface area contributed by atoms with E-state index in [0.717, 1.165) is 23.7 Å². The van der Waals surface area contributed by atoms with Crippen molar-refractivity contribution in [1.82, 2.24) is 0 Å². The second-order valence-electron chi connectivity index (χ2n) is 6.65. The molecule has 0 saturated heterocycles. The molecular formula is C21H30O2. The van der Waals surface area contributed by atoms with Gasteiger partial charge in [-0.1, -0.05) is 57.3 Å². The van der Waals surface area contributed by atoms with E-state index in [9.17, 15) is 5.11 Å². The molecule has 1 N–H and O–H groups in total. The minimum atomic E-state index is -0.505. The SMILES string of the molecule is CCCC1CCC(CC(O)C#Cc2ccc(OCC)cc2)CC1. The molecule has 0 aromatic heterocycles.